The SMILES string of the molecule is CCN(CC)CC[C@@H](C)N[C@H](c1nnnn1-c1c(C)cccc1C)C(C)C. The minimum atomic E-state index is 0.103. The third-order valence-corrected chi connectivity index (χ3v) is 5.33. The van der Waals surface area contributed by atoms with Crippen molar-refractivity contribution in [2.45, 2.75) is 67.0 Å². The third kappa shape index (κ3) is 5.36. The fourth-order valence-electron chi connectivity index (χ4n) is 3.56. The monoisotopic (exact) mass is 372 g/mol. The summed E-state index contributed by atoms with van der Waals surface area (Å²) in [6.07, 6.45) is 1.11. The molecule has 1 N–H and O–H groups in total. The highest BCUT2D eigenvalue weighted by molar-refractivity contribution is 5.46. The zero-order chi connectivity index (χ0) is 20.0. The van der Waals surface area contributed by atoms with E-state index in [1.807, 2.05) is 4.68 Å². The summed E-state index contributed by atoms with van der Waals surface area (Å²) in [5, 5.41) is 16.5. The van der Waals surface area contributed by atoms with E-state index in [0.717, 1.165) is 37.6 Å². The Labute approximate surface area is 164 Å². The van der Waals surface area contributed by atoms with Gasteiger partial charge in [-0.15, -0.1) is 5.10 Å². The van der Waals surface area contributed by atoms with Crippen LogP contribution in [-0.4, -0.2) is 50.8 Å². The van der Waals surface area contributed by atoms with Crippen LogP contribution in [0.25, 0.3) is 5.69 Å². The number of hydrogen-bond acceptors (Lipinski definition) is 5. The molecule has 0 saturated heterocycles. The zero-order valence-corrected chi connectivity index (χ0v) is 18.0. The van der Waals surface area contributed by atoms with E-state index in [4.69, 9.17) is 0 Å². The Morgan fingerprint density at radius 1 is 1.07 bits per heavy atom. The van der Waals surface area contributed by atoms with E-state index >= 15 is 0 Å². The van der Waals surface area contributed by atoms with E-state index in [1.54, 1.807) is 0 Å². The molecule has 0 aliphatic rings. The van der Waals surface area contributed by atoms with E-state index in [2.05, 4.69) is 92.4 Å². The van der Waals surface area contributed by atoms with Crippen molar-refractivity contribution in [3.8, 4) is 5.69 Å². The smallest absolute Gasteiger partial charge is 0.173 e. The maximum atomic E-state index is 4.41. The van der Waals surface area contributed by atoms with Gasteiger partial charge in [-0.3, -0.25) is 0 Å². The number of rotatable bonds is 10. The van der Waals surface area contributed by atoms with E-state index < -0.39 is 0 Å². The van der Waals surface area contributed by atoms with Crippen LogP contribution in [0, 0.1) is 19.8 Å². The standard InChI is InChI=1S/C21H36N6/c1-8-26(9-2)14-13-18(7)22-19(15(3)4)21-23-24-25-27(21)20-16(5)11-10-12-17(20)6/h10-12,15,18-19,22H,8-9,13-14H2,1-7H3/t18-,19+/m1/s1. The van der Waals surface area contributed by atoms with Gasteiger partial charge in [-0.2, -0.15) is 4.68 Å². The Kier molecular flexibility index (Phi) is 7.92. The lowest BCUT2D eigenvalue weighted by Gasteiger charge is -2.27. The van der Waals surface area contributed by atoms with Crippen molar-refractivity contribution in [1.29, 1.82) is 0 Å². The lowest BCUT2D eigenvalue weighted by Crippen LogP contribution is -2.38. The molecule has 0 amide bonds. The fourth-order valence-corrected chi connectivity index (χ4v) is 3.56. The molecule has 0 unspecified atom stereocenters. The highest BCUT2D eigenvalue weighted by atomic mass is 15.5. The Bertz CT molecular complexity index is 684. The van der Waals surface area contributed by atoms with Crippen LogP contribution in [0.3, 0.4) is 0 Å². The first-order valence-electron chi connectivity index (χ1n) is 10.2. The lowest BCUT2D eigenvalue weighted by atomic mass is 10.0. The molecule has 1 aromatic carbocycles. The molecule has 2 atom stereocenters. The van der Waals surface area contributed by atoms with Crippen molar-refractivity contribution in [1.82, 2.24) is 30.4 Å². The number of hydrogen-bond donors (Lipinski definition) is 1. The van der Waals surface area contributed by atoms with Gasteiger partial charge in [0.25, 0.3) is 0 Å². The Balaban J connectivity index is 2.22. The van der Waals surface area contributed by atoms with Crippen molar-refractivity contribution in [3.63, 3.8) is 0 Å². The molecule has 6 nitrogen and oxygen atoms in total. The number of para-hydroxylation sites is 1. The molecule has 0 spiro atoms. The second-order valence-electron chi connectivity index (χ2n) is 7.79. The average molecular weight is 373 g/mol. The maximum Gasteiger partial charge on any atom is 0.173 e. The van der Waals surface area contributed by atoms with Crippen molar-refractivity contribution < 1.29 is 0 Å². The van der Waals surface area contributed by atoms with Crippen LogP contribution in [0.1, 0.15) is 64.0 Å². The normalized spacial score (nSPS) is 14.1. The predicted octanol–water partition coefficient (Wildman–Crippen LogP) is 3.69. The van der Waals surface area contributed by atoms with Crippen molar-refractivity contribution in [2.24, 2.45) is 5.92 Å². The first-order valence-corrected chi connectivity index (χ1v) is 10.2. The molecule has 0 radical (unpaired) electrons. The van der Waals surface area contributed by atoms with Gasteiger partial charge in [0.05, 0.1) is 11.7 Å². The van der Waals surface area contributed by atoms with Gasteiger partial charge in [-0.1, -0.05) is 45.9 Å². The van der Waals surface area contributed by atoms with Gasteiger partial charge in [0, 0.05) is 6.04 Å². The van der Waals surface area contributed by atoms with Crippen molar-refractivity contribution in [3.05, 3.63) is 35.2 Å². The topological polar surface area (TPSA) is 58.9 Å². The summed E-state index contributed by atoms with van der Waals surface area (Å²) in [7, 11) is 0. The van der Waals surface area contributed by atoms with Gasteiger partial charge in [0.1, 0.15) is 0 Å². The van der Waals surface area contributed by atoms with Crippen molar-refractivity contribution in [2.75, 3.05) is 19.6 Å². The number of nitrogens with one attached hydrogen (secondary N) is 1. The summed E-state index contributed by atoms with van der Waals surface area (Å²) in [5.41, 5.74) is 3.45. The third-order valence-electron chi connectivity index (χ3n) is 5.33. The van der Waals surface area contributed by atoms with Gasteiger partial charge in [-0.25, -0.2) is 0 Å². The van der Waals surface area contributed by atoms with Gasteiger partial charge in [-0.05, 0) is 74.3 Å². The molecule has 1 aromatic heterocycles. The first-order chi connectivity index (χ1) is 12.9. The zero-order valence-electron chi connectivity index (χ0n) is 18.0. The summed E-state index contributed by atoms with van der Waals surface area (Å²) in [4.78, 5) is 2.46. The minimum Gasteiger partial charge on any atom is -0.304 e. The minimum absolute atomic E-state index is 0.103. The molecule has 0 bridgehead atoms. The number of nitrogens with zero attached hydrogens (tertiary/aromatic N) is 5. The van der Waals surface area contributed by atoms with Gasteiger partial charge in [0.15, 0.2) is 5.82 Å². The molecule has 2 aromatic rings. The number of tetrazole rings is 1. The Morgan fingerprint density at radius 2 is 1.70 bits per heavy atom. The largest absolute Gasteiger partial charge is 0.304 e. The number of aromatic nitrogens is 4. The van der Waals surface area contributed by atoms with E-state index in [1.165, 1.54) is 11.1 Å². The number of aryl methyl sites for hydroxylation is 2. The van der Waals surface area contributed by atoms with Crippen LogP contribution < -0.4 is 5.32 Å². The second-order valence-corrected chi connectivity index (χ2v) is 7.79. The van der Waals surface area contributed by atoms with Crippen LogP contribution in [-0.2, 0) is 0 Å². The van der Waals surface area contributed by atoms with Crippen LogP contribution in [0.2, 0.25) is 0 Å². The molecule has 2 rings (SSSR count). The molecule has 150 valence electrons. The van der Waals surface area contributed by atoms with Crippen LogP contribution >= 0.6 is 0 Å². The van der Waals surface area contributed by atoms with Gasteiger partial charge >= 0.3 is 0 Å². The molecule has 27 heavy (non-hydrogen) atoms. The summed E-state index contributed by atoms with van der Waals surface area (Å²) in [6.45, 7) is 18.7. The maximum absolute atomic E-state index is 4.41. The molecule has 6 heteroatoms. The highest BCUT2D eigenvalue weighted by Crippen LogP contribution is 2.25. The van der Waals surface area contributed by atoms with E-state index in [-0.39, 0.29) is 6.04 Å². The quantitative estimate of drug-likeness (QED) is 0.689. The Morgan fingerprint density at radius 3 is 2.26 bits per heavy atom. The highest BCUT2D eigenvalue weighted by Gasteiger charge is 2.25. The van der Waals surface area contributed by atoms with Crippen molar-refractivity contribution >= 4 is 0 Å². The number of benzene rings is 1. The second kappa shape index (κ2) is 9.95. The summed E-state index contributed by atoms with van der Waals surface area (Å²) < 4.78 is 1.92. The summed E-state index contributed by atoms with van der Waals surface area (Å²) in [5.74, 6) is 1.27. The van der Waals surface area contributed by atoms with Gasteiger partial charge in [0.2, 0.25) is 0 Å². The predicted molar refractivity (Wildman–Crippen MR) is 111 cm³/mol. The lowest BCUT2D eigenvalue weighted by molar-refractivity contribution is 0.268. The molecule has 1 heterocycles. The fraction of sp³-hybridized carbons (Fsp3) is 0.667. The summed E-state index contributed by atoms with van der Waals surface area (Å²) >= 11 is 0. The van der Waals surface area contributed by atoms with Gasteiger partial charge < -0.3 is 10.2 Å². The first kappa shape index (κ1) is 21.5. The Hall–Kier alpha value is -1.79. The molecule has 0 aliphatic heterocycles. The molecule has 0 aliphatic carbocycles. The molecular weight excluding hydrogens is 336 g/mol. The molecule has 0 fully saturated rings. The van der Waals surface area contributed by atoms with Crippen LogP contribution in [0.5, 0.6) is 0 Å². The molecular formula is C21H36N6. The van der Waals surface area contributed by atoms with E-state index in [9.17, 15) is 0 Å². The summed E-state index contributed by atoms with van der Waals surface area (Å²) in [6, 6.07) is 6.79. The van der Waals surface area contributed by atoms with Crippen LogP contribution in [0.15, 0.2) is 18.2 Å². The molecule has 0 saturated carbocycles. The average Bonchev–Trinajstić information content (AvgIpc) is 3.09. The van der Waals surface area contributed by atoms with E-state index in [0.29, 0.717) is 12.0 Å². The van der Waals surface area contributed by atoms with Crippen LogP contribution in [0.4, 0.5) is 0 Å².